The average molecular weight is 309 g/mol. The number of carboxylic acid groups (broad SMARTS) is 2. The van der Waals surface area contributed by atoms with Crippen molar-refractivity contribution in [2.75, 3.05) is 13.1 Å². The minimum absolute atomic E-state index is 0.251. The number of likely N-dealkylation sites (N-methyl/N-ethyl adjacent to an activating group) is 1. The summed E-state index contributed by atoms with van der Waals surface area (Å²) in [5, 5.41) is 24.9. The van der Waals surface area contributed by atoms with Gasteiger partial charge in [-0.15, -0.1) is 0 Å². The molecule has 3 N–H and O–H groups in total. The van der Waals surface area contributed by atoms with Gasteiger partial charge in [0.05, 0.1) is 6.10 Å². The highest BCUT2D eigenvalue weighted by atomic mass is 16.4. The molecule has 1 atom stereocenters. The van der Waals surface area contributed by atoms with Gasteiger partial charge >= 0.3 is 11.9 Å². The molecule has 0 aliphatic carbocycles. The van der Waals surface area contributed by atoms with Crippen LogP contribution in [-0.2, 0) is 16.1 Å². The quantitative estimate of drug-likeness (QED) is 0.662. The highest BCUT2D eigenvalue weighted by molar-refractivity contribution is 5.89. The van der Waals surface area contributed by atoms with Crippen LogP contribution >= 0.6 is 0 Å². The highest BCUT2D eigenvalue weighted by Gasteiger charge is 2.05. The van der Waals surface area contributed by atoms with E-state index in [-0.39, 0.29) is 6.10 Å². The molecule has 0 spiro atoms. The maximum atomic E-state index is 9.55. The third-order valence-electron chi connectivity index (χ3n) is 2.59. The van der Waals surface area contributed by atoms with E-state index in [0.29, 0.717) is 12.2 Å². The zero-order chi connectivity index (χ0) is 17.0. The van der Waals surface area contributed by atoms with Crippen molar-refractivity contribution in [2.45, 2.75) is 26.5 Å². The van der Waals surface area contributed by atoms with E-state index in [0.717, 1.165) is 19.6 Å². The molecule has 1 aromatic carbocycles. The van der Waals surface area contributed by atoms with Gasteiger partial charge in [-0.3, -0.25) is 4.90 Å². The molecule has 1 rings (SSSR count). The van der Waals surface area contributed by atoms with Crippen molar-refractivity contribution in [1.29, 1.82) is 0 Å². The zero-order valence-corrected chi connectivity index (χ0v) is 12.8. The van der Waals surface area contributed by atoms with Crippen molar-refractivity contribution < 1.29 is 24.9 Å². The molecule has 0 aliphatic heterocycles. The van der Waals surface area contributed by atoms with Crippen LogP contribution in [0.1, 0.15) is 19.4 Å². The summed E-state index contributed by atoms with van der Waals surface area (Å²) in [5.74, 6) is -2.51. The number of hydrogen-bond acceptors (Lipinski definition) is 4. The Hall–Kier alpha value is -2.18. The first kappa shape index (κ1) is 19.8. The van der Waals surface area contributed by atoms with Crippen molar-refractivity contribution in [1.82, 2.24) is 4.90 Å². The lowest BCUT2D eigenvalue weighted by molar-refractivity contribution is -0.134. The van der Waals surface area contributed by atoms with Gasteiger partial charge in [0.15, 0.2) is 0 Å². The topological polar surface area (TPSA) is 98.1 Å². The Kier molecular flexibility index (Phi) is 10.3. The monoisotopic (exact) mass is 309 g/mol. The van der Waals surface area contributed by atoms with Gasteiger partial charge in [-0.05, 0) is 19.0 Å². The average Bonchev–Trinajstić information content (AvgIpc) is 2.45. The van der Waals surface area contributed by atoms with Crippen LogP contribution < -0.4 is 0 Å². The Labute approximate surface area is 130 Å². The Bertz CT molecular complexity index is 455. The second-order valence-electron chi connectivity index (χ2n) is 4.67. The maximum Gasteiger partial charge on any atom is 0.328 e. The van der Waals surface area contributed by atoms with Gasteiger partial charge in [0.2, 0.25) is 0 Å². The number of aliphatic hydroxyl groups excluding tert-OH is 1. The van der Waals surface area contributed by atoms with Gasteiger partial charge in [-0.25, -0.2) is 9.59 Å². The molecule has 0 aliphatic rings. The summed E-state index contributed by atoms with van der Waals surface area (Å²) in [6, 6.07) is 10.3. The highest BCUT2D eigenvalue weighted by Crippen LogP contribution is 2.04. The van der Waals surface area contributed by atoms with Gasteiger partial charge in [-0.1, -0.05) is 37.3 Å². The van der Waals surface area contributed by atoms with Crippen molar-refractivity contribution in [3.8, 4) is 0 Å². The summed E-state index contributed by atoms with van der Waals surface area (Å²) in [5.41, 5.74) is 1.30. The number of hydrogen-bond donors (Lipinski definition) is 3. The van der Waals surface area contributed by atoms with E-state index in [9.17, 15) is 14.7 Å². The van der Waals surface area contributed by atoms with E-state index in [2.05, 4.69) is 24.0 Å². The molecule has 1 unspecified atom stereocenters. The van der Waals surface area contributed by atoms with Crippen LogP contribution in [0.15, 0.2) is 42.5 Å². The summed E-state index contributed by atoms with van der Waals surface area (Å²) in [4.78, 5) is 21.3. The van der Waals surface area contributed by atoms with Crippen LogP contribution in [0, 0.1) is 0 Å². The SMILES string of the molecule is CCN(Cc1ccccc1)CC(C)O.O=C(O)/C=C\C(=O)O. The van der Waals surface area contributed by atoms with Crippen molar-refractivity contribution in [3.63, 3.8) is 0 Å². The second-order valence-corrected chi connectivity index (χ2v) is 4.67. The minimum atomic E-state index is -1.26. The number of carbonyl (C=O) groups is 2. The van der Waals surface area contributed by atoms with Gasteiger partial charge in [0, 0.05) is 25.2 Å². The lowest BCUT2D eigenvalue weighted by Gasteiger charge is -2.21. The van der Waals surface area contributed by atoms with Crippen LogP contribution in [0.4, 0.5) is 0 Å². The van der Waals surface area contributed by atoms with Crippen LogP contribution in [0.25, 0.3) is 0 Å². The predicted octanol–water partition coefficient (Wildman–Crippen LogP) is 1.60. The minimum Gasteiger partial charge on any atom is -0.478 e. The first-order valence-electron chi connectivity index (χ1n) is 6.93. The molecule has 6 nitrogen and oxygen atoms in total. The Morgan fingerprint density at radius 1 is 1.14 bits per heavy atom. The first-order chi connectivity index (χ1) is 10.3. The number of aliphatic hydroxyl groups is 1. The molecule has 122 valence electrons. The summed E-state index contributed by atoms with van der Waals surface area (Å²) < 4.78 is 0. The van der Waals surface area contributed by atoms with E-state index >= 15 is 0 Å². The predicted molar refractivity (Wildman–Crippen MR) is 83.5 cm³/mol. The summed E-state index contributed by atoms with van der Waals surface area (Å²) in [6.45, 7) is 6.58. The Morgan fingerprint density at radius 3 is 2.00 bits per heavy atom. The van der Waals surface area contributed by atoms with E-state index < -0.39 is 11.9 Å². The molecule has 0 heterocycles. The molecule has 0 saturated carbocycles. The summed E-state index contributed by atoms with van der Waals surface area (Å²) in [6.07, 6.45) is 0.865. The largest absolute Gasteiger partial charge is 0.478 e. The Balaban J connectivity index is 0.000000472. The molecule has 0 bridgehead atoms. The standard InChI is InChI=1S/C12H19NO.C4H4O4/c1-3-13(9-11(2)14)10-12-7-5-4-6-8-12;5-3(6)1-2-4(7)8/h4-8,11,14H,3,9-10H2,1-2H3;1-2H,(H,5,6)(H,7,8)/b;2-1-. The smallest absolute Gasteiger partial charge is 0.328 e. The van der Waals surface area contributed by atoms with Crippen molar-refractivity contribution in [2.24, 2.45) is 0 Å². The molecule has 22 heavy (non-hydrogen) atoms. The maximum absolute atomic E-state index is 9.55. The van der Waals surface area contributed by atoms with Crippen LogP contribution in [0.2, 0.25) is 0 Å². The molecule has 0 radical (unpaired) electrons. The lowest BCUT2D eigenvalue weighted by atomic mass is 10.2. The fourth-order valence-electron chi connectivity index (χ4n) is 1.66. The number of nitrogens with zero attached hydrogens (tertiary/aromatic N) is 1. The molecular formula is C16H23NO5. The number of benzene rings is 1. The third kappa shape index (κ3) is 11.6. The van der Waals surface area contributed by atoms with Crippen molar-refractivity contribution >= 4 is 11.9 Å². The van der Waals surface area contributed by atoms with Gasteiger partial charge in [0.1, 0.15) is 0 Å². The normalized spacial score (nSPS) is 11.8. The lowest BCUT2D eigenvalue weighted by Crippen LogP contribution is -2.30. The molecule has 0 fully saturated rings. The molecule has 0 aromatic heterocycles. The molecular weight excluding hydrogens is 286 g/mol. The van der Waals surface area contributed by atoms with E-state index in [1.165, 1.54) is 5.56 Å². The summed E-state index contributed by atoms with van der Waals surface area (Å²) in [7, 11) is 0. The van der Waals surface area contributed by atoms with Gasteiger partial charge in [-0.2, -0.15) is 0 Å². The molecule has 6 heteroatoms. The van der Waals surface area contributed by atoms with E-state index in [1.807, 2.05) is 25.1 Å². The van der Waals surface area contributed by atoms with E-state index in [1.54, 1.807) is 0 Å². The molecule has 0 amide bonds. The number of aliphatic carboxylic acids is 2. The number of rotatable bonds is 7. The van der Waals surface area contributed by atoms with Gasteiger partial charge < -0.3 is 15.3 Å². The molecule has 0 saturated heterocycles. The zero-order valence-electron chi connectivity index (χ0n) is 12.8. The number of carboxylic acids is 2. The summed E-state index contributed by atoms with van der Waals surface area (Å²) >= 11 is 0. The van der Waals surface area contributed by atoms with Crippen LogP contribution in [0.5, 0.6) is 0 Å². The fraction of sp³-hybridized carbons (Fsp3) is 0.375. The second kappa shape index (κ2) is 11.5. The van der Waals surface area contributed by atoms with Crippen LogP contribution in [-0.4, -0.2) is 51.4 Å². The van der Waals surface area contributed by atoms with Gasteiger partial charge in [0.25, 0.3) is 0 Å². The third-order valence-corrected chi connectivity index (χ3v) is 2.59. The first-order valence-corrected chi connectivity index (χ1v) is 6.93. The van der Waals surface area contributed by atoms with Crippen LogP contribution in [0.3, 0.4) is 0 Å². The fourth-order valence-corrected chi connectivity index (χ4v) is 1.66. The Morgan fingerprint density at radius 2 is 1.64 bits per heavy atom. The molecule has 1 aromatic rings. The van der Waals surface area contributed by atoms with Crippen molar-refractivity contribution in [3.05, 3.63) is 48.0 Å². The van der Waals surface area contributed by atoms with E-state index in [4.69, 9.17) is 10.2 Å².